The first-order chi connectivity index (χ1) is 11.5. The summed E-state index contributed by atoms with van der Waals surface area (Å²) in [5.41, 5.74) is 3.32. The highest BCUT2D eigenvalue weighted by Crippen LogP contribution is 2.30. The standard InChI is InChI=1S/C19H20N2O3/c1-12-5-4-6-13(2)18(12)21-17(22)11-16(19(21)23)20-14-7-9-15(24-3)10-8-14/h4-10,16,20H,11H2,1-3H3/t16-/m1/s1. The molecule has 0 spiro atoms. The number of hydrogen-bond donors (Lipinski definition) is 1. The van der Waals surface area contributed by atoms with Gasteiger partial charge in [0.2, 0.25) is 5.91 Å². The minimum absolute atomic E-state index is 0.151. The number of amides is 2. The maximum atomic E-state index is 12.8. The fourth-order valence-electron chi connectivity index (χ4n) is 3.03. The largest absolute Gasteiger partial charge is 0.497 e. The summed E-state index contributed by atoms with van der Waals surface area (Å²) in [5.74, 6) is 0.350. The zero-order chi connectivity index (χ0) is 17.3. The lowest BCUT2D eigenvalue weighted by atomic mass is 10.1. The molecule has 0 radical (unpaired) electrons. The van der Waals surface area contributed by atoms with Gasteiger partial charge in [-0.3, -0.25) is 9.59 Å². The van der Waals surface area contributed by atoms with Gasteiger partial charge in [0.1, 0.15) is 11.8 Å². The van der Waals surface area contributed by atoms with E-state index in [4.69, 9.17) is 4.74 Å². The molecule has 1 N–H and O–H groups in total. The maximum Gasteiger partial charge on any atom is 0.256 e. The first-order valence-corrected chi connectivity index (χ1v) is 7.85. The van der Waals surface area contributed by atoms with Crippen LogP contribution in [0.25, 0.3) is 0 Å². The molecule has 2 amide bonds. The second kappa shape index (κ2) is 6.35. The summed E-state index contributed by atoms with van der Waals surface area (Å²) in [6, 6.07) is 12.5. The third kappa shape index (κ3) is 2.85. The molecule has 1 saturated heterocycles. The van der Waals surface area contributed by atoms with Crippen molar-refractivity contribution in [1.29, 1.82) is 0 Å². The molecule has 24 heavy (non-hydrogen) atoms. The average Bonchev–Trinajstić information content (AvgIpc) is 2.83. The van der Waals surface area contributed by atoms with Crippen molar-refractivity contribution in [2.24, 2.45) is 0 Å². The normalized spacial score (nSPS) is 17.3. The van der Waals surface area contributed by atoms with Crippen LogP contribution < -0.4 is 15.0 Å². The quantitative estimate of drug-likeness (QED) is 0.878. The SMILES string of the molecule is COc1ccc(N[C@@H]2CC(=O)N(c3c(C)cccc3C)C2=O)cc1. The number of hydrogen-bond acceptors (Lipinski definition) is 4. The lowest BCUT2D eigenvalue weighted by molar-refractivity contribution is -0.121. The molecule has 0 aromatic heterocycles. The number of aryl methyl sites for hydroxylation is 2. The van der Waals surface area contributed by atoms with Crippen LogP contribution in [0.3, 0.4) is 0 Å². The second-order valence-electron chi connectivity index (χ2n) is 5.94. The fourth-order valence-corrected chi connectivity index (χ4v) is 3.03. The van der Waals surface area contributed by atoms with Crippen LogP contribution in [-0.2, 0) is 9.59 Å². The smallest absolute Gasteiger partial charge is 0.256 e. The van der Waals surface area contributed by atoms with E-state index < -0.39 is 6.04 Å². The van der Waals surface area contributed by atoms with Crippen molar-refractivity contribution < 1.29 is 14.3 Å². The van der Waals surface area contributed by atoms with E-state index in [-0.39, 0.29) is 18.2 Å². The molecule has 124 valence electrons. The predicted molar refractivity (Wildman–Crippen MR) is 93.4 cm³/mol. The molecule has 1 aliphatic rings. The summed E-state index contributed by atoms with van der Waals surface area (Å²) < 4.78 is 5.12. The lowest BCUT2D eigenvalue weighted by Gasteiger charge is -2.20. The molecule has 5 heteroatoms. The third-order valence-corrected chi connectivity index (χ3v) is 4.24. The molecule has 2 aromatic rings. The van der Waals surface area contributed by atoms with Gasteiger partial charge in [0.05, 0.1) is 19.2 Å². The molecule has 0 aliphatic carbocycles. The topological polar surface area (TPSA) is 58.6 Å². The van der Waals surface area contributed by atoms with Gasteiger partial charge < -0.3 is 10.1 Å². The number of methoxy groups -OCH3 is 1. The van der Waals surface area contributed by atoms with Gasteiger partial charge in [-0.1, -0.05) is 18.2 Å². The van der Waals surface area contributed by atoms with Gasteiger partial charge in [0, 0.05) is 5.69 Å². The van der Waals surface area contributed by atoms with Crippen LogP contribution in [0.1, 0.15) is 17.5 Å². The molecule has 1 heterocycles. The van der Waals surface area contributed by atoms with Crippen molar-refractivity contribution in [3.05, 3.63) is 53.6 Å². The highest BCUT2D eigenvalue weighted by molar-refractivity contribution is 6.23. The van der Waals surface area contributed by atoms with Crippen molar-refractivity contribution >= 4 is 23.2 Å². The molecular weight excluding hydrogens is 304 g/mol. The molecule has 0 saturated carbocycles. The summed E-state index contributed by atoms with van der Waals surface area (Å²) in [7, 11) is 1.60. The van der Waals surface area contributed by atoms with E-state index in [9.17, 15) is 9.59 Å². The summed E-state index contributed by atoms with van der Waals surface area (Å²) in [4.78, 5) is 26.5. The molecule has 1 atom stereocenters. The van der Waals surface area contributed by atoms with Crippen LogP contribution in [0, 0.1) is 13.8 Å². The molecule has 1 aliphatic heterocycles. The van der Waals surface area contributed by atoms with Crippen LogP contribution in [-0.4, -0.2) is 25.0 Å². The van der Waals surface area contributed by atoms with Crippen molar-refractivity contribution in [2.75, 3.05) is 17.3 Å². The van der Waals surface area contributed by atoms with Gasteiger partial charge in [-0.25, -0.2) is 4.90 Å². The Morgan fingerprint density at radius 1 is 1.04 bits per heavy atom. The van der Waals surface area contributed by atoms with Crippen LogP contribution >= 0.6 is 0 Å². The number of para-hydroxylation sites is 1. The molecule has 2 aromatic carbocycles. The zero-order valence-electron chi connectivity index (χ0n) is 14.0. The van der Waals surface area contributed by atoms with Gasteiger partial charge in [-0.05, 0) is 49.2 Å². The van der Waals surface area contributed by atoms with E-state index in [1.807, 2.05) is 56.3 Å². The Kier molecular flexibility index (Phi) is 4.25. The number of benzene rings is 2. The average molecular weight is 324 g/mol. The van der Waals surface area contributed by atoms with Crippen LogP contribution in [0.5, 0.6) is 5.75 Å². The molecular formula is C19H20N2O3. The Bertz CT molecular complexity index is 763. The summed E-state index contributed by atoms with van der Waals surface area (Å²) >= 11 is 0. The Balaban J connectivity index is 1.83. The van der Waals surface area contributed by atoms with E-state index in [1.165, 1.54) is 4.90 Å². The van der Waals surface area contributed by atoms with E-state index in [0.29, 0.717) is 5.69 Å². The van der Waals surface area contributed by atoms with Gasteiger partial charge in [0.15, 0.2) is 0 Å². The number of nitrogens with zero attached hydrogens (tertiary/aromatic N) is 1. The van der Waals surface area contributed by atoms with E-state index in [1.54, 1.807) is 7.11 Å². The second-order valence-corrected chi connectivity index (χ2v) is 5.94. The van der Waals surface area contributed by atoms with Crippen molar-refractivity contribution in [3.8, 4) is 5.75 Å². The third-order valence-electron chi connectivity index (χ3n) is 4.24. The van der Waals surface area contributed by atoms with E-state index in [0.717, 1.165) is 22.6 Å². The minimum Gasteiger partial charge on any atom is -0.497 e. The number of imide groups is 1. The number of rotatable bonds is 4. The lowest BCUT2D eigenvalue weighted by Crippen LogP contribution is -2.35. The first kappa shape index (κ1) is 16.1. The van der Waals surface area contributed by atoms with Crippen LogP contribution in [0.4, 0.5) is 11.4 Å². The highest BCUT2D eigenvalue weighted by Gasteiger charge is 2.40. The number of anilines is 2. The van der Waals surface area contributed by atoms with Crippen molar-refractivity contribution in [1.82, 2.24) is 0 Å². The molecule has 1 fully saturated rings. The van der Waals surface area contributed by atoms with Gasteiger partial charge in [-0.15, -0.1) is 0 Å². The van der Waals surface area contributed by atoms with Crippen molar-refractivity contribution in [2.45, 2.75) is 26.3 Å². The van der Waals surface area contributed by atoms with Crippen LogP contribution in [0.2, 0.25) is 0 Å². The summed E-state index contributed by atoms with van der Waals surface area (Å²) in [5, 5.41) is 3.14. The Morgan fingerprint density at radius 2 is 1.67 bits per heavy atom. The van der Waals surface area contributed by atoms with Gasteiger partial charge in [-0.2, -0.15) is 0 Å². The number of carbonyl (C=O) groups is 2. The van der Waals surface area contributed by atoms with Gasteiger partial charge >= 0.3 is 0 Å². The van der Waals surface area contributed by atoms with Crippen molar-refractivity contribution in [3.63, 3.8) is 0 Å². The van der Waals surface area contributed by atoms with E-state index in [2.05, 4.69) is 5.32 Å². The Hall–Kier alpha value is -2.82. The number of carbonyl (C=O) groups excluding carboxylic acids is 2. The van der Waals surface area contributed by atoms with Crippen LogP contribution in [0.15, 0.2) is 42.5 Å². The van der Waals surface area contributed by atoms with E-state index >= 15 is 0 Å². The first-order valence-electron chi connectivity index (χ1n) is 7.85. The molecule has 5 nitrogen and oxygen atoms in total. The predicted octanol–water partition coefficient (Wildman–Crippen LogP) is 3.06. The number of nitrogens with one attached hydrogen (secondary N) is 1. The minimum atomic E-state index is -0.551. The van der Waals surface area contributed by atoms with Gasteiger partial charge in [0.25, 0.3) is 5.91 Å². The Morgan fingerprint density at radius 3 is 2.25 bits per heavy atom. The summed E-state index contributed by atoms with van der Waals surface area (Å²) in [6.45, 7) is 3.82. The number of ether oxygens (including phenoxy) is 1. The molecule has 0 unspecified atom stereocenters. The zero-order valence-corrected chi connectivity index (χ0v) is 14.0. The Labute approximate surface area is 141 Å². The highest BCUT2D eigenvalue weighted by atomic mass is 16.5. The monoisotopic (exact) mass is 324 g/mol. The molecule has 0 bridgehead atoms. The molecule has 3 rings (SSSR count). The maximum absolute atomic E-state index is 12.8. The summed E-state index contributed by atoms with van der Waals surface area (Å²) in [6.07, 6.45) is 0.151. The fraction of sp³-hybridized carbons (Fsp3) is 0.263.